The quantitative estimate of drug-likeness (QED) is 0.656. The van der Waals surface area contributed by atoms with Gasteiger partial charge in [-0.2, -0.15) is 0 Å². The number of hydrogen-bond donors (Lipinski definition) is 3. The summed E-state index contributed by atoms with van der Waals surface area (Å²) in [6, 6.07) is 9.23. The average molecular weight is 385 g/mol. The molecule has 2 aromatic rings. The maximum absolute atomic E-state index is 12.4. The van der Waals surface area contributed by atoms with Crippen molar-refractivity contribution in [3.05, 3.63) is 53.7 Å². The first-order valence-electron chi connectivity index (χ1n) is 8.63. The summed E-state index contributed by atoms with van der Waals surface area (Å²) in [4.78, 5) is 38.8. The minimum atomic E-state index is -1.13. The summed E-state index contributed by atoms with van der Waals surface area (Å²) in [7, 11) is 0. The van der Waals surface area contributed by atoms with E-state index in [1.807, 2.05) is 0 Å². The lowest BCUT2D eigenvalue weighted by Crippen LogP contribution is -2.29. The summed E-state index contributed by atoms with van der Waals surface area (Å²) in [5.74, 6) is -1.63. The highest BCUT2D eigenvalue weighted by molar-refractivity contribution is 6.04. The van der Waals surface area contributed by atoms with Crippen LogP contribution in [0.1, 0.15) is 27.1 Å². The van der Waals surface area contributed by atoms with Gasteiger partial charge in [-0.05, 0) is 30.3 Å². The number of carbonyl (C=O) groups excluding carboxylic acids is 2. The van der Waals surface area contributed by atoms with Gasteiger partial charge in [-0.25, -0.2) is 4.98 Å². The van der Waals surface area contributed by atoms with E-state index in [0.29, 0.717) is 30.3 Å². The second-order valence-electron chi connectivity index (χ2n) is 6.09. The Kier molecular flexibility index (Phi) is 6.18. The molecule has 1 atom stereocenters. The lowest BCUT2D eigenvalue weighted by atomic mass is 10.2. The summed E-state index contributed by atoms with van der Waals surface area (Å²) in [5, 5.41) is 13.6. The van der Waals surface area contributed by atoms with Gasteiger partial charge in [-0.1, -0.05) is 0 Å². The first-order valence-corrected chi connectivity index (χ1v) is 8.63. The van der Waals surface area contributed by atoms with Crippen LogP contribution in [0.4, 0.5) is 5.69 Å². The number of amides is 2. The van der Waals surface area contributed by atoms with Crippen molar-refractivity contribution in [2.45, 2.75) is 12.5 Å². The van der Waals surface area contributed by atoms with Crippen LogP contribution in [0.15, 0.2) is 42.6 Å². The summed E-state index contributed by atoms with van der Waals surface area (Å²) in [6.45, 7) is 0.691. The van der Waals surface area contributed by atoms with Crippen LogP contribution in [-0.4, -0.2) is 53.7 Å². The number of aromatic nitrogens is 1. The molecule has 0 saturated carbocycles. The Bertz CT molecular complexity index is 862. The number of nitrogens with one attached hydrogen (secondary N) is 2. The summed E-state index contributed by atoms with van der Waals surface area (Å²) in [5.41, 5.74) is 1.16. The molecule has 0 aliphatic carbocycles. The van der Waals surface area contributed by atoms with Crippen molar-refractivity contribution in [1.82, 2.24) is 10.3 Å². The first kappa shape index (κ1) is 19.3. The van der Waals surface area contributed by atoms with Crippen molar-refractivity contribution in [2.75, 3.05) is 25.1 Å². The van der Waals surface area contributed by atoms with Gasteiger partial charge in [0.1, 0.15) is 12.6 Å². The van der Waals surface area contributed by atoms with E-state index in [-0.39, 0.29) is 17.6 Å². The third kappa shape index (κ3) is 5.27. The predicted octanol–water partition coefficient (Wildman–Crippen LogP) is 1.32. The minimum absolute atomic E-state index is 0.0642. The van der Waals surface area contributed by atoms with E-state index in [9.17, 15) is 14.4 Å². The van der Waals surface area contributed by atoms with Gasteiger partial charge in [0, 0.05) is 35.5 Å². The molecule has 1 fully saturated rings. The third-order valence-electron chi connectivity index (χ3n) is 3.98. The Balaban J connectivity index is 1.59. The summed E-state index contributed by atoms with van der Waals surface area (Å²) < 4.78 is 10.9. The fraction of sp³-hybridized carbons (Fsp3) is 0.263. The van der Waals surface area contributed by atoms with E-state index in [1.54, 1.807) is 24.3 Å². The lowest BCUT2D eigenvalue weighted by molar-refractivity contribution is -0.135. The van der Waals surface area contributed by atoms with Gasteiger partial charge in [0.15, 0.2) is 0 Å². The fourth-order valence-electron chi connectivity index (χ4n) is 2.56. The number of carboxylic acids is 1. The fourth-order valence-corrected chi connectivity index (χ4v) is 2.56. The Morgan fingerprint density at radius 2 is 1.93 bits per heavy atom. The molecular formula is C19H19N3O6. The van der Waals surface area contributed by atoms with Crippen LogP contribution in [0.2, 0.25) is 0 Å². The average Bonchev–Trinajstić information content (AvgIpc) is 3.20. The van der Waals surface area contributed by atoms with Gasteiger partial charge in [-0.15, -0.1) is 0 Å². The van der Waals surface area contributed by atoms with Crippen LogP contribution in [0, 0.1) is 0 Å². The number of anilines is 1. The van der Waals surface area contributed by atoms with E-state index in [4.69, 9.17) is 14.6 Å². The second kappa shape index (κ2) is 8.96. The number of carboxylic acid groups (broad SMARTS) is 1. The highest BCUT2D eigenvalue weighted by atomic mass is 16.5. The van der Waals surface area contributed by atoms with Crippen molar-refractivity contribution < 1.29 is 29.0 Å². The molecule has 2 heterocycles. The second-order valence-corrected chi connectivity index (χ2v) is 6.09. The number of benzene rings is 1. The first-order chi connectivity index (χ1) is 13.5. The van der Waals surface area contributed by atoms with E-state index < -0.39 is 18.4 Å². The number of rotatable bonds is 7. The number of ether oxygens (including phenoxy) is 2. The van der Waals surface area contributed by atoms with E-state index >= 15 is 0 Å². The number of carbonyl (C=O) groups is 3. The maximum atomic E-state index is 12.4. The Morgan fingerprint density at radius 3 is 2.61 bits per heavy atom. The van der Waals surface area contributed by atoms with Crippen molar-refractivity contribution in [1.29, 1.82) is 0 Å². The van der Waals surface area contributed by atoms with Gasteiger partial charge >= 0.3 is 5.97 Å². The molecule has 2 amide bonds. The zero-order valence-electron chi connectivity index (χ0n) is 14.9. The van der Waals surface area contributed by atoms with E-state index in [0.717, 1.165) is 6.42 Å². The molecular weight excluding hydrogens is 366 g/mol. The largest absolute Gasteiger partial charge is 0.480 e. The van der Waals surface area contributed by atoms with Crippen LogP contribution >= 0.6 is 0 Å². The van der Waals surface area contributed by atoms with Crippen LogP contribution < -0.4 is 15.4 Å². The van der Waals surface area contributed by atoms with Crippen LogP contribution in [0.25, 0.3) is 0 Å². The molecule has 1 unspecified atom stereocenters. The Labute approximate surface area is 160 Å². The molecule has 146 valence electrons. The number of aliphatic carboxylic acids is 1. The van der Waals surface area contributed by atoms with Gasteiger partial charge < -0.3 is 25.2 Å². The normalized spacial score (nSPS) is 15.6. The van der Waals surface area contributed by atoms with Crippen LogP contribution in [0.3, 0.4) is 0 Å². The summed E-state index contributed by atoms with van der Waals surface area (Å²) in [6.07, 6.45) is 2.21. The van der Waals surface area contributed by atoms with Crippen molar-refractivity contribution in [3.8, 4) is 5.88 Å². The molecule has 0 radical (unpaired) electrons. The number of pyridine rings is 1. The Hall–Kier alpha value is -3.46. The van der Waals surface area contributed by atoms with Gasteiger partial charge in [0.25, 0.3) is 11.8 Å². The smallest absolute Gasteiger partial charge is 0.322 e. The molecule has 9 nitrogen and oxygen atoms in total. The lowest BCUT2D eigenvalue weighted by Gasteiger charge is -2.11. The monoisotopic (exact) mass is 385 g/mol. The topological polar surface area (TPSA) is 127 Å². The molecule has 0 spiro atoms. The van der Waals surface area contributed by atoms with Crippen molar-refractivity contribution in [3.63, 3.8) is 0 Å². The molecule has 9 heteroatoms. The van der Waals surface area contributed by atoms with Crippen LogP contribution in [0.5, 0.6) is 5.88 Å². The highest BCUT2D eigenvalue weighted by Crippen LogP contribution is 2.17. The zero-order valence-corrected chi connectivity index (χ0v) is 14.9. The maximum Gasteiger partial charge on any atom is 0.322 e. The van der Waals surface area contributed by atoms with Crippen LogP contribution in [-0.2, 0) is 9.53 Å². The number of nitrogens with zero attached hydrogens (tertiary/aromatic N) is 1. The van der Waals surface area contributed by atoms with Crippen molar-refractivity contribution in [2.24, 2.45) is 0 Å². The molecule has 1 aromatic heterocycles. The molecule has 1 aliphatic heterocycles. The van der Waals surface area contributed by atoms with E-state index in [2.05, 4.69) is 15.6 Å². The predicted molar refractivity (Wildman–Crippen MR) is 98.5 cm³/mol. The summed E-state index contributed by atoms with van der Waals surface area (Å²) >= 11 is 0. The number of hydrogen-bond acceptors (Lipinski definition) is 6. The molecule has 1 aliphatic rings. The molecule has 1 aromatic carbocycles. The van der Waals surface area contributed by atoms with Gasteiger partial charge in [0.05, 0.1) is 13.2 Å². The SMILES string of the molecule is O=C(O)CNC(=O)c1ccc(NC(=O)c2ccnc(OC3CCOC3)c2)cc1. The molecule has 0 bridgehead atoms. The molecule has 1 saturated heterocycles. The highest BCUT2D eigenvalue weighted by Gasteiger charge is 2.18. The third-order valence-corrected chi connectivity index (χ3v) is 3.98. The molecule has 28 heavy (non-hydrogen) atoms. The Morgan fingerprint density at radius 1 is 1.14 bits per heavy atom. The zero-order chi connectivity index (χ0) is 19.9. The van der Waals surface area contributed by atoms with E-state index in [1.165, 1.54) is 18.3 Å². The minimum Gasteiger partial charge on any atom is -0.480 e. The molecule has 3 rings (SSSR count). The molecule has 3 N–H and O–H groups in total. The van der Waals surface area contributed by atoms with Gasteiger partial charge in [-0.3, -0.25) is 14.4 Å². The van der Waals surface area contributed by atoms with Crippen molar-refractivity contribution >= 4 is 23.5 Å². The standard InChI is InChI=1S/C19H19N3O6/c23-17(24)10-21-18(25)12-1-3-14(4-2-12)22-19(26)13-5-7-20-16(9-13)28-15-6-8-27-11-15/h1-5,7,9,15H,6,8,10-11H2,(H,21,25)(H,22,26)(H,23,24). The van der Waals surface area contributed by atoms with Gasteiger partial charge in [0.2, 0.25) is 5.88 Å².